The van der Waals surface area contributed by atoms with Crippen LogP contribution in [0.1, 0.15) is 28.3 Å². The van der Waals surface area contributed by atoms with Crippen molar-refractivity contribution in [2.45, 2.75) is 19.9 Å². The third kappa shape index (κ3) is 4.43. The van der Waals surface area contributed by atoms with Gasteiger partial charge in [-0.25, -0.2) is 0 Å². The average Bonchev–Trinajstić information content (AvgIpc) is 2.64. The first kappa shape index (κ1) is 17.1. The van der Waals surface area contributed by atoms with Gasteiger partial charge >= 0.3 is 0 Å². The van der Waals surface area contributed by atoms with Crippen LogP contribution in [0.3, 0.4) is 0 Å². The molecule has 0 saturated carbocycles. The quantitative estimate of drug-likeness (QED) is 0.666. The van der Waals surface area contributed by atoms with Gasteiger partial charge in [0.15, 0.2) is 5.11 Å². The Balaban J connectivity index is 1.83. The smallest absolute Gasteiger partial charge is 0.171 e. The predicted molar refractivity (Wildman–Crippen MR) is 108 cm³/mol. The molecule has 0 aliphatic rings. The maximum Gasteiger partial charge on any atom is 0.171 e. The van der Waals surface area contributed by atoms with Crippen LogP contribution in [0.4, 0.5) is 5.69 Å². The summed E-state index contributed by atoms with van der Waals surface area (Å²) in [5.74, 6) is 0. The summed E-state index contributed by atoms with van der Waals surface area (Å²) in [6.07, 6.45) is 3.60. The van der Waals surface area contributed by atoms with E-state index in [1.54, 1.807) is 12.4 Å². The van der Waals surface area contributed by atoms with E-state index in [-0.39, 0.29) is 6.04 Å². The summed E-state index contributed by atoms with van der Waals surface area (Å²) >= 11 is 5.58. The van der Waals surface area contributed by atoms with E-state index in [2.05, 4.69) is 59.8 Å². The molecule has 0 radical (unpaired) electrons. The minimum atomic E-state index is -0.0330. The minimum absolute atomic E-state index is 0.0330. The molecule has 0 unspecified atom stereocenters. The number of benzene rings is 2. The Bertz CT molecular complexity index is 808. The van der Waals surface area contributed by atoms with Crippen LogP contribution in [0, 0.1) is 13.8 Å². The van der Waals surface area contributed by atoms with Gasteiger partial charge in [-0.05, 0) is 66.5 Å². The number of nitrogens with zero attached hydrogens (tertiary/aromatic N) is 1. The third-order valence-electron chi connectivity index (χ3n) is 4.09. The lowest BCUT2D eigenvalue weighted by molar-refractivity contribution is 0.766. The van der Waals surface area contributed by atoms with E-state index in [0.29, 0.717) is 5.11 Å². The first-order chi connectivity index (χ1) is 12.1. The molecule has 1 atom stereocenters. The zero-order valence-electron chi connectivity index (χ0n) is 14.4. The lowest BCUT2D eigenvalue weighted by Gasteiger charge is -2.22. The van der Waals surface area contributed by atoms with Crippen molar-refractivity contribution in [1.82, 2.24) is 10.3 Å². The number of nitrogens with one attached hydrogen (secondary N) is 2. The molecule has 25 heavy (non-hydrogen) atoms. The monoisotopic (exact) mass is 347 g/mol. The molecule has 1 aromatic heterocycles. The van der Waals surface area contributed by atoms with Crippen molar-refractivity contribution in [2.75, 3.05) is 5.32 Å². The lowest BCUT2D eigenvalue weighted by Crippen LogP contribution is -2.33. The largest absolute Gasteiger partial charge is 0.352 e. The molecule has 3 aromatic rings. The molecule has 4 heteroatoms. The van der Waals surface area contributed by atoms with Crippen LogP contribution in [0.25, 0.3) is 0 Å². The van der Waals surface area contributed by atoms with Crippen LogP contribution in [-0.2, 0) is 0 Å². The Morgan fingerprint density at radius 2 is 1.60 bits per heavy atom. The Hall–Kier alpha value is -2.72. The first-order valence-electron chi connectivity index (χ1n) is 8.23. The molecule has 1 heterocycles. The Kier molecular flexibility index (Phi) is 5.41. The molecule has 0 bridgehead atoms. The van der Waals surface area contributed by atoms with Gasteiger partial charge in [0.1, 0.15) is 0 Å². The number of aromatic nitrogens is 1. The molecular formula is C21H21N3S. The van der Waals surface area contributed by atoms with Gasteiger partial charge in [0, 0.05) is 18.1 Å². The molecular weight excluding hydrogens is 326 g/mol. The topological polar surface area (TPSA) is 37.0 Å². The van der Waals surface area contributed by atoms with Gasteiger partial charge in [0.05, 0.1) is 6.04 Å². The van der Waals surface area contributed by atoms with Gasteiger partial charge < -0.3 is 10.6 Å². The minimum Gasteiger partial charge on any atom is -0.352 e. The number of anilines is 1. The van der Waals surface area contributed by atoms with Gasteiger partial charge in [-0.1, -0.05) is 42.5 Å². The molecule has 0 fully saturated rings. The van der Waals surface area contributed by atoms with E-state index in [9.17, 15) is 0 Å². The first-order valence-corrected chi connectivity index (χ1v) is 8.64. The van der Waals surface area contributed by atoms with Crippen molar-refractivity contribution >= 4 is 23.0 Å². The van der Waals surface area contributed by atoms with Crippen molar-refractivity contribution < 1.29 is 0 Å². The number of pyridine rings is 1. The van der Waals surface area contributed by atoms with Crippen molar-refractivity contribution in [3.63, 3.8) is 0 Å². The van der Waals surface area contributed by atoms with Crippen LogP contribution >= 0.6 is 12.2 Å². The maximum atomic E-state index is 5.58. The van der Waals surface area contributed by atoms with Crippen molar-refractivity contribution in [3.05, 3.63) is 95.3 Å². The number of rotatable bonds is 4. The van der Waals surface area contributed by atoms with Crippen LogP contribution in [0.5, 0.6) is 0 Å². The van der Waals surface area contributed by atoms with Crippen LogP contribution in [0.2, 0.25) is 0 Å². The zero-order chi connectivity index (χ0) is 17.6. The fraction of sp³-hybridized carbons (Fsp3) is 0.143. The van der Waals surface area contributed by atoms with E-state index in [1.807, 2.05) is 30.3 Å². The second-order valence-corrected chi connectivity index (χ2v) is 6.45. The van der Waals surface area contributed by atoms with Gasteiger partial charge in [0.2, 0.25) is 0 Å². The fourth-order valence-corrected chi connectivity index (χ4v) is 2.95. The summed E-state index contributed by atoms with van der Waals surface area (Å²) in [7, 11) is 0. The maximum absolute atomic E-state index is 5.58. The van der Waals surface area contributed by atoms with Crippen LogP contribution in [-0.4, -0.2) is 10.1 Å². The second-order valence-electron chi connectivity index (χ2n) is 6.04. The van der Waals surface area contributed by atoms with Gasteiger partial charge in [-0.2, -0.15) is 0 Å². The summed E-state index contributed by atoms with van der Waals surface area (Å²) in [6, 6.07) is 20.5. The average molecular weight is 347 g/mol. The SMILES string of the molecule is Cc1ccc(C)c(NC(=S)N[C@@H](c2ccccc2)c2ccncc2)c1. The van der Waals surface area contributed by atoms with Crippen molar-refractivity contribution in [3.8, 4) is 0 Å². The summed E-state index contributed by atoms with van der Waals surface area (Å²) < 4.78 is 0. The second kappa shape index (κ2) is 7.90. The molecule has 0 aliphatic heterocycles. The van der Waals surface area contributed by atoms with E-state index >= 15 is 0 Å². The van der Waals surface area contributed by atoms with Crippen LogP contribution in [0.15, 0.2) is 73.1 Å². The van der Waals surface area contributed by atoms with Gasteiger partial charge in [0.25, 0.3) is 0 Å². The molecule has 0 aliphatic carbocycles. The molecule has 3 nitrogen and oxygen atoms in total. The number of thiocarbonyl (C=S) groups is 1. The highest BCUT2D eigenvalue weighted by Gasteiger charge is 2.15. The number of hydrogen-bond acceptors (Lipinski definition) is 2. The normalized spacial score (nSPS) is 11.6. The summed E-state index contributed by atoms with van der Waals surface area (Å²) in [5.41, 5.74) is 5.66. The molecule has 2 aromatic carbocycles. The molecule has 3 rings (SSSR count). The molecule has 0 amide bonds. The highest BCUT2D eigenvalue weighted by molar-refractivity contribution is 7.80. The fourth-order valence-electron chi connectivity index (χ4n) is 2.72. The van der Waals surface area contributed by atoms with Crippen LogP contribution < -0.4 is 10.6 Å². The Morgan fingerprint density at radius 1 is 0.920 bits per heavy atom. The standard InChI is InChI=1S/C21H21N3S/c1-15-8-9-16(2)19(14-15)23-21(25)24-20(17-6-4-3-5-7-17)18-10-12-22-13-11-18/h3-14,20H,1-2H3,(H2,23,24,25)/t20-/m0/s1. The summed E-state index contributed by atoms with van der Waals surface area (Å²) in [4.78, 5) is 4.11. The highest BCUT2D eigenvalue weighted by atomic mass is 32.1. The molecule has 0 saturated heterocycles. The Labute approximate surface area is 154 Å². The number of aryl methyl sites for hydroxylation is 2. The zero-order valence-corrected chi connectivity index (χ0v) is 15.2. The van der Waals surface area contributed by atoms with E-state index in [1.165, 1.54) is 5.56 Å². The Morgan fingerprint density at radius 3 is 2.32 bits per heavy atom. The third-order valence-corrected chi connectivity index (χ3v) is 4.31. The van der Waals surface area contributed by atoms with Gasteiger partial charge in [-0.15, -0.1) is 0 Å². The lowest BCUT2D eigenvalue weighted by atomic mass is 10.00. The van der Waals surface area contributed by atoms with Gasteiger partial charge in [-0.3, -0.25) is 4.98 Å². The van der Waals surface area contributed by atoms with Crippen molar-refractivity contribution in [2.24, 2.45) is 0 Å². The molecule has 0 spiro atoms. The summed E-state index contributed by atoms with van der Waals surface area (Å²) in [5, 5.41) is 7.36. The van der Waals surface area contributed by atoms with E-state index in [0.717, 1.165) is 22.4 Å². The summed E-state index contributed by atoms with van der Waals surface area (Å²) in [6.45, 7) is 4.15. The molecule has 2 N–H and O–H groups in total. The predicted octanol–water partition coefficient (Wildman–Crippen LogP) is 4.77. The van der Waals surface area contributed by atoms with Crippen molar-refractivity contribution in [1.29, 1.82) is 0 Å². The van der Waals surface area contributed by atoms with E-state index in [4.69, 9.17) is 12.2 Å². The highest BCUT2D eigenvalue weighted by Crippen LogP contribution is 2.22. The number of hydrogen-bond donors (Lipinski definition) is 2. The van der Waals surface area contributed by atoms with E-state index < -0.39 is 0 Å². The molecule has 126 valence electrons.